The summed E-state index contributed by atoms with van der Waals surface area (Å²) >= 11 is 0. The van der Waals surface area contributed by atoms with E-state index in [4.69, 9.17) is 9.47 Å². The van der Waals surface area contributed by atoms with Crippen molar-refractivity contribution < 1.29 is 32.5 Å². The van der Waals surface area contributed by atoms with E-state index in [9.17, 15) is 28.3 Å². The number of alkyl halides is 3. The van der Waals surface area contributed by atoms with Crippen LogP contribution in [-0.4, -0.2) is 62.6 Å². The molecule has 4 aromatic rings. The molecule has 1 amide bonds. The number of amides is 1. The Balaban J connectivity index is 1.61. The molecule has 1 aliphatic carbocycles. The number of aliphatic hydroxyl groups excluding tert-OH is 1. The van der Waals surface area contributed by atoms with Crippen molar-refractivity contribution in [1.29, 1.82) is 5.26 Å². The number of ether oxygens (including phenoxy) is 2. The maximum absolute atomic E-state index is 14.1. The number of halogens is 3. The number of fused-ring (bicyclic) bond motifs is 1. The molecule has 41 heavy (non-hydrogen) atoms. The predicted octanol–water partition coefficient (Wildman–Crippen LogP) is 4.20. The monoisotopic (exact) mass is 568 g/mol. The van der Waals surface area contributed by atoms with Gasteiger partial charge in [0.05, 0.1) is 55.3 Å². The number of aryl methyl sites for hydroxylation is 1. The average Bonchev–Trinajstić information content (AvgIpc) is 3.31. The van der Waals surface area contributed by atoms with Crippen molar-refractivity contribution in [3.8, 4) is 40.0 Å². The number of aliphatic hydroxyl groups is 1. The van der Waals surface area contributed by atoms with Crippen molar-refractivity contribution in [2.45, 2.75) is 44.7 Å². The Kier molecular flexibility index (Phi) is 7.35. The predicted molar refractivity (Wildman–Crippen MR) is 142 cm³/mol. The van der Waals surface area contributed by atoms with Crippen LogP contribution >= 0.6 is 0 Å². The van der Waals surface area contributed by atoms with Crippen LogP contribution < -0.4 is 14.8 Å². The van der Waals surface area contributed by atoms with Gasteiger partial charge in [0.15, 0.2) is 0 Å². The average molecular weight is 569 g/mol. The molecule has 0 spiro atoms. The van der Waals surface area contributed by atoms with E-state index in [-0.39, 0.29) is 23.4 Å². The third-order valence-corrected chi connectivity index (χ3v) is 6.83. The SMILES string of the molecule is COc1cc(-c2c3c(C#N)cc(-c4cnn(C[C@@H](C)O)c4)cc3nn2C)cc(OC(F)F)c1C(=O)NCC1(F)CC1. The summed E-state index contributed by atoms with van der Waals surface area (Å²) in [5.74, 6) is -1.36. The second-order valence-electron chi connectivity index (χ2n) is 10.1. The van der Waals surface area contributed by atoms with Crippen molar-refractivity contribution in [2.24, 2.45) is 7.05 Å². The van der Waals surface area contributed by atoms with E-state index in [0.717, 1.165) is 0 Å². The molecule has 1 aliphatic rings. The normalized spacial score (nSPS) is 14.6. The first-order valence-electron chi connectivity index (χ1n) is 12.8. The summed E-state index contributed by atoms with van der Waals surface area (Å²) in [6, 6.07) is 8.32. The van der Waals surface area contributed by atoms with Crippen molar-refractivity contribution in [3.05, 3.63) is 47.8 Å². The van der Waals surface area contributed by atoms with E-state index in [1.165, 1.54) is 23.9 Å². The van der Waals surface area contributed by atoms with E-state index in [1.807, 2.05) is 0 Å². The molecule has 2 heterocycles. The number of carbonyl (C=O) groups is 1. The lowest BCUT2D eigenvalue weighted by atomic mass is 9.97. The zero-order valence-corrected chi connectivity index (χ0v) is 22.5. The van der Waals surface area contributed by atoms with Gasteiger partial charge in [0.1, 0.15) is 22.7 Å². The van der Waals surface area contributed by atoms with Gasteiger partial charge in [-0.25, -0.2) is 4.39 Å². The minimum atomic E-state index is -3.26. The summed E-state index contributed by atoms with van der Waals surface area (Å²) in [7, 11) is 2.90. The fraction of sp³-hybridized carbons (Fsp3) is 0.357. The van der Waals surface area contributed by atoms with Crippen molar-refractivity contribution in [1.82, 2.24) is 24.9 Å². The number of benzene rings is 2. The van der Waals surface area contributed by atoms with Crippen LogP contribution in [0.3, 0.4) is 0 Å². The van der Waals surface area contributed by atoms with Crippen LogP contribution in [-0.2, 0) is 13.6 Å². The molecular weight excluding hydrogens is 541 g/mol. The number of nitrogens with zero attached hydrogens (tertiary/aromatic N) is 5. The number of nitrogens with one attached hydrogen (secondary N) is 1. The molecule has 5 rings (SSSR count). The van der Waals surface area contributed by atoms with Crippen LogP contribution in [0, 0.1) is 11.3 Å². The number of aromatic nitrogens is 4. The van der Waals surface area contributed by atoms with Crippen molar-refractivity contribution >= 4 is 16.8 Å². The van der Waals surface area contributed by atoms with Gasteiger partial charge in [-0.2, -0.15) is 24.2 Å². The van der Waals surface area contributed by atoms with Gasteiger partial charge in [0.2, 0.25) is 0 Å². The van der Waals surface area contributed by atoms with Gasteiger partial charge in [-0.05, 0) is 49.6 Å². The van der Waals surface area contributed by atoms with E-state index >= 15 is 0 Å². The third kappa shape index (κ3) is 5.69. The fourth-order valence-corrected chi connectivity index (χ4v) is 4.74. The molecule has 2 aromatic carbocycles. The molecule has 214 valence electrons. The van der Waals surface area contributed by atoms with E-state index < -0.39 is 30.0 Å². The smallest absolute Gasteiger partial charge is 0.387 e. The summed E-state index contributed by atoms with van der Waals surface area (Å²) in [4.78, 5) is 12.9. The van der Waals surface area contributed by atoms with Crippen LogP contribution in [0.5, 0.6) is 11.5 Å². The summed E-state index contributed by atoms with van der Waals surface area (Å²) in [5.41, 5.74) is 1.00. The van der Waals surface area contributed by atoms with Gasteiger partial charge in [0, 0.05) is 29.8 Å². The minimum absolute atomic E-state index is 0.0747. The van der Waals surface area contributed by atoms with E-state index in [2.05, 4.69) is 21.6 Å². The maximum atomic E-state index is 14.1. The van der Waals surface area contributed by atoms with Crippen LogP contribution in [0.2, 0.25) is 0 Å². The highest BCUT2D eigenvalue weighted by Gasteiger charge is 2.43. The van der Waals surface area contributed by atoms with Crippen LogP contribution in [0.4, 0.5) is 13.2 Å². The van der Waals surface area contributed by atoms with Gasteiger partial charge in [-0.3, -0.25) is 14.2 Å². The fourth-order valence-electron chi connectivity index (χ4n) is 4.74. The quantitative estimate of drug-likeness (QED) is 0.294. The standard InChI is InChI=1S/C28H27F3N6O4/c1-15(38)12-37-13-19(11-34-37)16-6-18(10-32)23-20(7-16)35-36(2)25(23)17-8-21(40-3)24(22(9-17)41-27(29)30)26(39)33-14-28(31)4-5-28/h6-9,11,13,15,27,38H,4-5,12,14H2,1-3H3,(H,33,39)/t15-/m1/s1. The summed E-state index contributed by atoms with van der Waals surface area (Å²) in [6.45, 7) is -1.57. The zero-order valence-electron chi connectivity index (χ0n) is 22.5. The highest BCUT2D eigenvalue weighted by Crippen LogP contribution is 2.41. The Morgan fingerprint density at radius 2 is 1.95 bits per heavy atom. The Morgan fingerprint density at radius 1 is 1.22 bits per heavy atom. The van der Waals surface area contributed by atoms with Crippen molar-refractivity contribution in [2.75, 3.05) is 13.7 Å². The van der Waals surface area contributed by atoms with Gasteiger partial charge in [0.25, 0.3) is 5.91 Å². The Hall–Kier alpha value is -4.57. The number of carbonyl (C=O) groups excluding carboxylic acids is 1. The summed E-state index contributed by atoms with van der Waals surface area (Å²) < 4.78 is 54.2. The number of hydrogen-bond donors (Lipinski definition) is 2. The van der Waals surface area contributed by atoms with E-state index in [1.54, 1.807) is 43.2 Å². The van der Waals surface area contributed by atoms with Crippen LogP contribution in [0.25, 0.3) is 33.3 Å². The first kappa shape index (κ1) is 28.0. The highest BCUT2D eigenvalue weighted by molar-refractivity contribution is 6.03. The van der Waals surface area contributed by atoms with Gasteiger partial charge in [-0.15, -0.1) is 0 Å². The summed E-state index contributed by atoms with van der Waals surface area (Å²) in [6.07, 6.45) is 3.39. The summed E-state index contributed by atoms with van der Waals surface area (Å²) in [5, 5.41) is 31.4. The van der Waals surface area contributed by atoms with Crippen LogP contribution in [0.1, 0.15) is 35.7 Å². The minimum Gasteiger partial charge on any atom is -0.496 e. The molecule has 13 heteroatoms. The first-order chi connectivity index (χ1) is 19.5. The molecule has 0 aliphatic heterocycles. The van der Waals surface area contributed by atoms with Crippen LogP contribution in [0.15, 0.2) is 36.7 Å². The maximum Gasteiger partial charge on any atom is 0.387 e. The lowest BCUT2D eigenvalue weighted by molar-refractivity contribution is -0.0502. The molecule has 2 aromatic heterocycles. The van der Waals surface area contributed by atoms with E-state index in [0.29, 0.717) is 52.7 Å². The Morgan fingerprint density at radius 3 is 2.59 bits per heavy atom. The Bertz CT molecular complexity index is 1670. The zero-order chi connectivity index (χ0) is 29.5. The third-order valence-electron chi connectivity index (χ3n) is 6.83. The molecule has 0 radical (unpaired) electrons. The lowest BCUT2D eigenvalue weighted by Gasteiger charge is -2.17. The molecule has 0 unspecified atom stereocenters. The lowest BCUT2D eigenvalue weighted by Crippen LogP contribution is -2.31. The molecule has 10 nitrogen and oxygen atoms in total. The molecular formula is C28H27F3N6O4. The number of hydrogen-bond acceptors (Lipinski definition) is 7. The van der Waals surface area contributed by atoms with Crippen molar-refractivity contribution in [3.63, 3.8) is 0 Å². The number of nitriles is 1. The second-order valence-corrected chi connectivity index (χ2v) is 10.1. The molecule has 1 saturated carbocycles. The number of methoxy groups -OCH3 is 1. The number of rotatable bonds is 10. The molecule has 0 saturated heterocycles. The topological polar surface area (TPSA) is 127 Å². The van der Waals surface area contributed by atoms with Gasteiger partial charge in [-0.1, -0.05) is 0 Å². The Labute approximate surface area is 232 Å². The molecule has 1 atom stereocenters. The first-order valence-corrected chi connectivity index (χ1v) is 12.8. The molecule has 1 fully saturated rings. The molecule has 0 bridgehead atoms. The second kappa shape index (κ2) is 10.8. The highest BCUT2D eigenvalue weighted by atomic mass is 19.3. The largest absolute Gasteiger partial charge is 0.496 e. The van der Waals surface area contributed by atoms with Gasteiger partial charge >= 0.3 is 6.61 Å². The molecule has 2 N–H and O–H groups in total. The van der Waals surface area contributed by atoms with Gasteiger partial charge < -0.3 is 19.9 Å².